The Morgan fingerprint density at radius 3 is 2.55 bits per heavy atom. The predicted octanol–water partition coefficient (Wildman–Crippen LogP) is 3.64. The van der Waals surface area contributed by atoms with Gasteiger partial charge in [0.25, 0.3) is 0 Å². The SMILES string of the molecule is CO.COc1cccc(Sc2cc(C)ccc2C#N)c1. The minimum Gasteiger partial charge on any atom is -0.497 e. The van der Waals surface area contributed by atoms with Crippen molar-refractivity contribution in [3.05, 3.63) is 53.6 Å². The van der Waals surface area contributed by atoms with Gasteiger partial charge in [-0.25, -0.2) is 0 Å². The van der Waals surface area contributed by atoms with E-state index in [4.69, 9.17) is 15.1 Å². The van der Waals surface area contributed by atoms with Crippen molar-refractivity contribution < 1.29 is 9.84 Å². The third kappa shape index (κ3) is 4.30. The van der Waals surface area contributed by atoms with Crippen molar-refractivity contribution in [2.45, 2.75) is 16.7 Å². The van der Waals surface area contributed by atoms with Crippen molar-refractivity contribution in [3.63, 3.8) is 0 Å². The molecule has 0 saturated carbocycles. The molecule has 1 N–H and O–H groups in total. The fraction of sp³-hybridized carbons (Fsp3) is 0.188. The third-order valence-electron chi connectivity index (χ3n) is 2.53. The van der Waals surface area contributed by atoms with Crippen molar-refractivity contribution in [2.24, 2.45) is 0 Å². The highest BCUT2D eigenvalue weighted by atomic mass is 32.2. The van der Waals surface area contributed by atoms with Crippen molar-refractivity contribution in [3.8, 4) is 11.8 Å². The van der Waals surface area contributed by atoms with Crippen LogP contribution in [0.1, 0.15) is 11.1 Å². The summed E-state index contributed by atoms with van der Waals surface area (Å²) < 4.78 is 5.19. The molecule has 0 aliphatic heterocycles. The zero-order chi connectivity index (χ0) is 15.0. The molecular formula is C16H17NO2S. The number of aliphatic hydroxyl groups excluding tert-OH is 1. The van der Waals surface area contributed by atoms with Crippen LogP contribution in [0.3, 0.4) is 0 Å². The van der Waals surface area contributed by atoms with E-state index in [0.717, 1.165) is 28.2 Å². The highest BCUT2D eigenvalue weighted by molar-refractivity contribution is 7.99. The van der Waals surface area contributed by atoms with Crippen LogP contribution < -0.4 is 4.74 Å². The molecular weight excluding hydrogens is 270 g/mol. The second kappa shape index (κ2) is 8.26. The maximum Gasteiger partial charge on any atom is 0.119 e. The molecule has 0 spiro atoms. The average molecular weight is 287 g/mol. The number of hydrogen-bond acceptors (Lipinski definition) is 4. The molecule has 0 saturated heterocycles. The Balaban J connectivity index is 0.000000956. The number of rotatable bonds is 3. The van der Waals surface area contributed by atoms with Crippen LogP contribution in [0.2, 0.25) is 0 Å². The molecule has 0 bridgehead atoms. The highest BCUT2D eigenvalue weighted by Crippen LogP contribution is 2.32. The molecule has 3 nitrogen and oxygen atoms in total. The lowest BCUT2D eigenvalue weighted by Crippen LogP contribution is -1.85. The van der Waals surface area contributed by atoms with E-state index in [1.807, 2.05) is 49.4 Å². The topological polar surface area (TPSA) is 53.2 Å². The number of methoxy groups -OCH3 is 1. The minimum absolute atomic E-state index is 0.702. The third-order valence-corrected chi connectivity index (χ3v) is 3.57. The van der Waals surface area contributed by atoms with Gasteiger partial charge in [0.05, 0.1) is 12.7 Å². The van der Waals surface area contributed by atoms with Gasteiger partial charge in [0.15, 0.2) is 0 Å². The Kier molecular flexibility index (Phi) is 6.65. The summed E-state index contributed by atoms with van der Waals surface area (Å²) in [6, 6.07) is 15.9. The first-order valence-electron chi connectivity index (χ1n) is 6.00. The van der Waals surface area contributed by atoms with Crippen molar-refractivity contribution in [1.29, 1.82) is 5.26 Å². The number of aliphatic hydroxyl groups is 1. The molecule has 0 amide bonds. The lowest BCUT2D eigenvalue weighted by atomic mass is 10.2. The van der Waals surface area contributed by atoms with Crippen LogP contribution in [-0.2, 0) is 0 Å². The predicted molar refractivity (Wildman–Crippen MR) is 81.2 cm³/mol. The maximum absolute atomic E-state index is 9.10. The molecule has 20 heavy (non-hydrogen) atoms. The standard InChI is InChI=1S/C15H13NOS.CH4O/c1-11-6-7-12(10-16)15(8-11)18-14-5-3-4-13(9-14)17-2;1-2/h3-9H,1-2H3;2H,1H3. The molecule has 0 unspecified atom stereocenters. The maximum atomic E-state index is 9.10. The second-order valence-electron chi connectivity index (χ2n) is 3.89. The smallest absolute Gasteiger partial charge is 0.119 e. The molecule has 0 aliphatic rings. The van der Waals surface area contributed by atoms with Crippen LogP contribution in [0, 0.1) is 18.3 Å². The van der Waals surface area contributed by atoms with E-state index >= 15 is 0 Å². The van der Waals surface area contributed by atoms with Crippen LogP contribution >= 0.6 is 11.8 Å². The van der Waals surface area contributed by atoms with Gasteiger partial charge in [-0.1, -0.05) is 23.9 Å². The number of hydrogen-bond donors (Lipinski definition) is 1. The van der Waals surface area contributed by atoms with E-state index in [-0.39, 0.29) is 0 Å². The Morgan fingerprint density at radius 1 is 1.15 bits per heavy atom. The first-order chi connectivity index (χ1) is 9.72. The lowest BCUT2D eigenvalue weighted by Gasteiger charge is -2.06. The van der Waals surface area contributed by atoms with E-state index < -0.39 is 0 Å². The van der Waals surface area contributed by atoms with E-state index in [0.29, 0.717) is 5.56 Å². The number of ether oxygens (including phenoxy) is 1. The quantitative estimate of drug-likeness (QED) is 0.936. The fourth-order valence-corrected chi connectivity index (χ4v) is 2.64. The summed E-state index contributed by atoms with van der Waals surface area (Å²) in [5.41, 5.74) is 1.85. The summed E-state index contributed by atoms with van der Waals surface area (Å²) in [5, 5.41) is 16.1. The number of aryl methyl sites for hydroxylation is 1. The molecule has 0 aliphatic carbocycles. The summed E-state index contributed by atoms with van der Waals surface area (Å²) in [7, 11) is 2.65. The van der Waals surface area contributed by atoms with Crippen LogP contribution in [-0.4, -0.2) is 19.3 Å². The molecule has 104 valence electrons. The van der Waals surface area contributed by atoms with Crippen molar-refractivity contribution in [1.82, 2.24) is 0 Å². The summed E-state index contributed by atoms with van der Waals surface area (Å²) in [5.74, 6) is 0.825. The second-order valence-corrected chi connectivity index (χ2v) is 5.01. The molecule has 0 radical (unpaired) electrons. The lowest BCUT2D eigenvalue weighted by molar-refractivity contribution is 0.399. The van der Waals surface area contributed by atoms with Crippen molar-refractivity contribution in [2.75, 3.05) is 14.2 Å². The van der Waals surface area contributed by atoms with Gasteiger partial charge in [-0.2, -0.15) is 5.26 Å². The van der Waals surface area contributed by atoms with Crippen LogP contribution in [0.25, 0.3) is 0 Å². The van der Waals surface area contributed by atoms with Gasteiger partial charge in [0.1, 0.15) is 11.8 Å². The Morgan fingerprint density at radius 2 is 1.90 bits per heavy atom. The van der Waals surface area contributed by atoms with Gasteiger partial charge in [-0.05, 0) is 42.8 Å². The largest absolute Gasteiger partial charge is 0.497 e. The Bertz CT molecular complexity index is 606. The molecule has 0 fully saturated rings. The first kappa shape index (κ1) is 16.1. The van der Waals surface area contributed by atoms with Crippen LogP contribution in [0.4, 0.5) is 0 Å². The van der Waals surface area contributed by atoms with Crippen molar-refractivity contribution >= 4 is 11.8 Å². The molecule has 2 aromatic rings. The van der Waals surface area contributed by atoms with Gasteiger partial charge in [0, 0.05) is 16.9 Å². The molecule has 0 aromatic heterocycles. The molecule has 0 heterocycles. The van der Waals surface area contributed by atoms with E-state index in [1.54, 1.807) is 18.9 Å². The molecule has 0 atom stereocenters. The molecule has 2 aromatic carbocycles. The summed E-state index contributed by atoms with van der Waals surface area (Å²) >= 11 is 1.58. The van der Waals surface area contributed by atoms with Gasteiger partial charge in [-0.15, -0.1) is 0 Å². The summed E-state index contributed by atoms with van der Waals surface area (Å²) in [6.45, 7) is 2.02. The van der Waals surface area contributed by atoms with Gasteiger partial charge >= 0.3 is 0 Å². The summed E-state index contributed by atoms with van der Waals surface area (Å²) in [4.78, 5) is 2.04. The highest BCUT2D eigenvalue weighted by Gasteiger charge is 2.05. The zero-order valence-corrected chi connectivity index (χ0v) is 12.6. The first-order valence-corrected chi connectivity index (χ1v) is 6.82. The number of benzene rings is 2. The van der Waals surface area contributed by atoms with Gasteiger partial charge in [-0.3, -0.25) is 0 Å². The van der Waals surface area contributed by atoms with E-state index in [1.165, 1.54) is 0 Å². The summed E-state index contributed by atoms with van der Waals surface area (Å²) in [6.07, 6.45) is 0. The monoisotopic (exact) mass is 287 g/mol. The van der Waals surface area contributed by atoms with Gasteiger partial charge in [0.2, 0.25) is 0 Å². The number of nitrogens with zero attached hydrogens (tertiary/aromatic N) is 1. The van der Waals surface area contributed by atoms with Crippen LogP contribution in [0.5, 0.6) is 5.75 Å². The fourth-order valence-electron chi connectivity index (χ4n) is 1.60. The number of nitriles is 1. The van der Waals surface area contributed by atoms with E-state index in [2.05, 4.69) is 6.07 Å². The minimum atomic E-state index is 0.702. The Hall–Kier alpha value is -1.96. The zero-order valence-electron chi connectivity index (χ0n) is 11.8. The molecule has 2 rings (SSSR count). The van der Waals surface area contributed by atoms with Gasteiger partial charge < -0.3 is 9.84 Å². The van der Waals surface area contributed by atoms with Crippen LogP contribution in [0.15, 0.2) is 52.3 Å². The van der Waals surface area contributed by atoms with E-state index in [9.17, 15) is 0 Å². The average Bonchev–Trinajstić information content (AvgIpc) is 2.50. The molecule has 4 heteroatoms. The normalized spacial score (nSPS) is 9.15. The Labute approximate surface area is 123 Å².